The summed E-state index contributed by atoms with van der Waals surface area (Å²) in [6, 6.07) is 0. The summed E-state index contributed by atoms with van der Waals surface area (Å²) >= 11 is 0. The van der Waals surface area contributed by atoms with Gasteiger partial charge < -0.3 is 0 Å². The van der Waals surface area contributed by atoms with Crippen molar-refractivity contribution in [3.63, 3.8) is 0 Å². The van der Waals surface area contributed by atoms with Crippen molar-refractivity contribution in [1.29, 1.82) is 0 Å². The number of carbonyl (C=O) groups is 1. The van der Waals surface area contributed by atoms with E-state index in [2.05, 4.69) is 13.8 Å². The normalized spacial score (nSPS) is 9.92. The molecule has 0 aliphatic carbocycles. The molecule has 1 heteroatoms. The molecule has 0 aromatic carbocycles. The van der Waals surface area contributed by atoms with Crippen LogP contribution in [0.3, 0.4) is 0 Å². The Labute approximate surface area is 78.6 Å². The highest BCUT2D eigenvalue weighted by Crippen LogP contribution is 1.99. The van der Waals surface area contributed by atoms with Gasteiger partial charge in [-0.1, -0.05) is 48.0 Å². The maximum absolute atomic E-state index is 10.4. The van der Waals surface area contributed by atoms with Gasteiger partial charge in [-0.3, -0.25) is 4.79 Å². The number of Topliss-reactive ketones (excluding diaryl/α,β-unsaturated/α-hetero) is 1. The van der Waals surface area contributed by atoms with Gasteiger partial charge in [0.25, 0.3) is 0 Å². The Morgan fingerprint density at radius 3 is 1.42 bits per heavy atom. The first-order valence-electron chi connectivity index (χ1n) is 5.10. The lowest BCUT2D eigenvalue weighted by Crippen LogP contribution is -2.03. The van der Waals surface area contributed by atoms with Crippen LogP contribution in [0.1, 0.15) is 61.3 Å². The molecular formula is C11H26O. The van der Waals surface area contributed by atoms with Crippen molar-refractivity contribution in [2.24, 2.45) is 5.92 Å². The van der Waals surface area contributed by atoms with E-state index >= 15 is 0 Å². The lowest BCUT2D eigenvalue weighted by molar-refractivity contribution is -0.120. The van der Waals surface area contributed by atoms with Gasteiger partial charge in [-0.25, -0.2) is 0 Å². The van der Waals surface area contributed by atoms with Crippen molar-refractivity contribution in [3.05, 3.63) is 0 Å². The second-order valence-electron chi connectivity index (χ2n) is 2.63. The Bertz CT molecular complexity index is 77.1. The van der Waals surface area contributed by atoms with Crippen molar-refractivity contribution in [2.75, 3.05) is 0 Å². The molecule has 0 heterocycles. The number of carbonyl (C=O) groups excluding carboxylic acids is 1. The van der Waals surface area contributed by atoms with Gasteiger partial charge in [0.05, 0.1) is 0 Å². The number of hydrogen-bond donors (Lipinski definition) is 0. The summed E-state index contributed by atoms with van der Waals surface area (Å²) in [4.78, 5) is 10.4. The zero-order valence-electron chi connectivity index (χ0n) is 9.90. The first-order chi connectivity index (χ1) is 5.59. The highest BCUT2D eigenvalue weighted by atomic mass is 16.1. The molecule has 0 bridgehead atoms. The Hall–Kier alpha value is -0.330. The summed E-state index contributed by atoms with van der Waals surface area (Å²) < 4.78 is 0. The third-order valence-corrected chi connectivity index (χ3v) is 1.31. The van der Waals surface area contributed by atoms with Crippen LogP contribution in [0.5, 0.6) is 0 Å². The fourth-order valence-electron chi connectivity index (χ4n) is 0.287. The van der Waals surface area contributed by atoms with E-state index in [-0.39, 0.29) is 5.92 Å². The standard InChI is InChI=1S/C6H12O.C3H8.C2H6/c1-4-5(2)6(3)7;1-3-2;1-2/h5H,4H2,1-3H3;3H2,1-2H3;1-2H3. The minimum Gasteiger partial charge on any atom is -0.300 e. The summed E-state index contributed by atoms with van der Waals surface area (Å²) in [5.74, 6) is 0.558. The third kappa shape index (κ3) is 22.6. The highest BCUT2D eigenvalue weighted by Gasteiger charge is 2.01. The molecule has 0 fully saturated rings. The highest BCUT2D eigenvalue weighted by molar-refractivity contribution is 5.77. The Kier molecular flexibility index (Phi) is 25.0. The van der Waals surface area contributed by atoms with Crippen molar-refractivity contribution < 1.29 is 4.79 Å². The fourth-order valence-corrected chi connectivity index (χ4v) is 0.287. The predicted molar refractivity (Wildman–Crippen MR) is 57.4 cm³/mol. The predicted octanol–water partition coefficient (Wildman–Crippen LogP) is 4.06. The molecule has 0 aliphatic heterocycles. The number of rotatable bonds is 2. The van der Waals surface area contributed by atoms with Gasteiger partial charge in [0.1, 0.15) is 5.78 Å². The van der Waals surface area contributed by atoms with Crippen LogP contribution in [0.2, 0.25) is 0 Å². The molecule has 0 aliphatic rings. The molecule has 0 amide bonds. The first-order valence-corrected chi connectivity index (χ1v) is 5.10. The monoisotopic (exact) mass is 174 g/mol. The van der Waals surface area contributed by atoms with Crippen molar-refractivity contribution >= 4 is 5.78 Å². The van der Waals surface area contributed by atoms with E-state index in [4.69, 9.17) is 0 Å². The molecule has 0 rings (SSSR count). The second-order valence-corrected chi connectivity index (χ2v) is 2.63. The summed E-state index contributed by atoms with van der Waals surface area (Å²) in [5, 5.41) is 0. The first kappa shape index (κ1) is 17.7. The zero-order chi connectivity index (χ0) is 10.6. The average molecular weight is 174 g/mol. The smallest absolute Gasteiger partial charge is 0.132 e. The number of ketones is 1. The maximum Gasteiger partial charge on any atom is 0.132 e. The van der Waals surface area contributed by atoms with Gasteiger partial charge in [-0.05, 0) is 13.3 Å². The topological polar surface area (TPSA) is 17.1 Å². The van der Waals surface area contributed by atoms with Crippen LogP contribution in [0.25, 0.3) is 0 Å². The minimum atomic E-state index is 0.264. The molecule has 0 aromatic heterocycles. The van der Waals surface area contributed by atoms with E-state index in [1.807, 2.05) is 27.7 Å². The van der Waals surface area contributed by atoms with Gasteiger partial charge >= 0.3 is 0 Å². The molecular weight excluding hydrogens is 148 g/mol. The van der Waals surface area contributed by atoms with E-state index < -0.39 is 0 Å². The van der Waals surface area contributed by atoms with Crippen molar-refractivity contribution in [1.82, 2.24) is 0 Å². The van der Waals surface area contributed by atoms with Crippen molar-refractivity contribution in [2.45, 2.75) is 61.3 Å². The molecule has 1 nitrogen and oxygen atoms in total. The van der Waals surface area contributed by atoms with Gasteiger partial charge in [0.2, 0.25) is 0 Å². The van der Waals surface area contributed by atoms with Gasteiger partial charge in [-0.15, -0.1) is 0 Å². The zero-order valence-corrected chi connectivity index (χ0v) is 9.90. The van der Waals surface area contributed by atoms with E-state index in [0.29, 0.717) is 5.78 Å². The van der Waals surface area contributed by atoms with Gasteiger partial charge in [0.15, 0.2) is 0 Å². The van der Waals surface area contributed by atoms with Crippen LogP contribution in [0, 0.1) is 5.92 Å². The van der Waals surface area contributed by atoms with E-state index in [0.717, 1.165) is 6.42 Å². The lowest BCUT2D eigenvalue weighted by Gasteiger charge is -1.98. The molecule has 12 heavy (non-hydrogen) atoms. The number of hydrogen-bond acceptors (Lipinski definition) is 1. The quantitative estimate of drug-likeness (QED) is 0.617. The van der Waals surface area contributed by atoms with E-state index in [1.165, 1.54) is 6.42 Å². The maximum atomic E-state index is 10.4. The molecule has 0 aromatic rings. The van der Waals surface area contributed by atoms with Crippen LogP contribution in [-0.4, -0.2) is 5.78 Å². The molecule has 0 radical (unpaired) electrons. The third-order valence-electron chi connectivity index (χ3n) is 1.31. The van der Waals surface area contributed by atoms with Crippen LogP contribution in [-0.2, 0) is 4.79 Å². The molecule has 0 N–H and O–H groups in total. The van der Waals surface area contributed by atoms with E-state index in [9.17, 15) is 4.79 Å². The molecule has 1 atom stereocenters. The lowest BCUT2D eigenvalue weighted by atomic mass is 10.1. The average Bonchev–Trinajstić information content (AvgIpc) is 2.08. The molecule has 0 saturated carbocycles. The van der Waals surface area contributed by atoms with Crippen molar-refractivity contribution in [3.8, 4) is 0 Å². The fraction of sp³-hybridized carbons (Fsp3) is 0.909. The summed E-state index contributed by atoms with van der Waals surface area (Å²) in [6.45, 7) is 13.8. The summed E-state index contributed by atoms with van der Waals surface area (Å²) in [7, 11) is 0. The van der Waals surface area contributed by atoms with Crippen LogP contribution < -0.4 is 0 Å². The summed E-state index contributed by atoms with van der Waals surface area (Å²) in [5.41, 5.74) is 0. The van der Waals surface area contributed by atoms with Crippen LogP contribution in [0.4, 0.5) is 0 Å². The van der Waals surface area contributed by atoms with E-state index in [1.54, 1.807) is 6.92 Å². The molecule has 0 saturated heterocycles. The van der Waals surface area contributed by atoms with Crippen LogP contribution >= 0.6 is 0 Å². The minimum absolute atomic E-state index is 0.264. The van der Waals surface area contributed by atoms with Crippen LogP contribution in [0.15, 0.2) is 0 Å². The molecule has 0 spiro atoms. The molecule has 76 valence electrons. The van der Waals surface area contributed by atoms with Gasteiger partial charge in [0, 0.05) is 5.92 Å². The second kappa shape index (κ2) is 17.0. The Balaban J connectivity index is -0.000000137. The SMILES string of the molecule is CC.CCC.CCC(C)C(C)=O. The van der Waals surface area contributed by atoms with Gasteiger partial charge in [-0.2, -0.15) is 0 Å². The molecule has 1 unspecified atom stereocenters. The summed E-state index contributed by atoms with van der Waals surface area (Å²) in [6.07, 6.45) is 2.22. The Morgan fingerprint density at radius 1 is 1.17 bits per heavy atom. The largest absolute Gasteiger partial charge is 0.300 e. The Morgan fingerprint density at radius 2 is 1.42 bits per heavy atom.